The Kier molecular flexibility index (Phi) is 4.59. The first-order valence-corrected chi connectivity index (χ1v) is 10.0. The third kappa shape index (κ3) is 3.49. The predicted octanol–water partition coefficient (Wildman–Crippen LogP) is 6.30. The van der Waals surface area contributed by atoms with Crippen LogP contribution in [0.2, 0.25) is 5.02 Å². The summed E-state index contributed by atoms with van der Waals surface area (Å²) in [6.45, 7) is 0.928. The molecular formula is C23H16ClF3N2O2. The second kappa shape index (κ2) is 7.20. The van der Waals surface area contributed by atoms with Crippen molar-refractivity contribution in [3.8, 4) is 11.3 Å². The van der Waals surface area contributed by atoms with Crippen LogP contribution in [-0.2, 0) is 19.1 Å². The van der Waals surface area contributed by atoms with Crippen LogP contribution in [0.1, 0.15) is 27.4 Å². The first-order valence-electron chi connectivity index (χ1n) is 9.66. The maximum absolute atomic E-state index is 13.1. The average Bonchev–Trinajstić information content (AvgIpc) is 3.37. The Balaban J connectivity index is 1.41. The summed E-state index contributed by atoms with van der Waals surface area (Å²) in [7, 11) is 0. The number of nitrogens with one attached hydrogen (secondary N) is 1. The quantitative estimate of drug-likeness (QED) is 0.394. The van der Waals surface area contributed by atoms with E-state index in [4.69, 9.17) is 16.0 Å². The van der Waals surface area contributed by atoms with Gasteiger partial charge in [0.25, 0.3) is 5.91 Å². The molecule has 0 fully saturated rings. The smallest absolute Gasteiger partial charge is 0.416 e. The molecule has 158 valence electrons. The third-order valence-corrected chi connectivity index (χ3v) is 5.88. The normalized spacial score (nSPS) is 14.1. The van der Waals surface area contributed by atoms with Gasteiger partial charge in [0, 0.05) is 28.7 Å². The average molecular weight is 445 g/mol. The van der Waals surface area contributed by atoms with E-state index >= 15 is 0 Å². The lowest BCUT2D eigenvalue weighted by Gasteiger charge is -2.26. The Morgan fingerprint density at radius 2 is 1.90 bits per heavy atom. The minimum atomic E-state index is -4.50. The van der Waals surface area contributed by atoms with Gasteiger partial charge < -0.3 is 14.3 Å². The van der Waals surface area contributed by atoms with Crippen LogP contribution in [0.15, 0.2) is 59.0 Å². The van der Waals surface area contributed by atoms with Crippen LogP contribution in [0.4, 0.5) is 13.2 Å². The molecule has 0 atom stereocenters. The van der Waals surface area contributed by atoms with Crippen molar-refractivity contribution in [2.45, 2.75) is 19.1 Å². The zero-order valence-corrected chi connectivity index (χ0v) is 16.8. The van der Waals surface area contributed by atoms with E-state index < -0.39 is 11.7 Å². The molecule has 5 rings (SSSR count). The molecule has 0 saturated carbocycles. The van der Waals surface area contributed by atoms with Gasteiger partial charge in [-0.2, -0.15) is 13.2 Å². The summed E-state index contributed by atoms with van der Waals surface area (Å²) in [5.41, 5.74) is 2.47. The van der Waals surface area contributed by atoms with E-state index in [-0.39, 0.29) is 28.0 Å². The lowest BCUT2D eigenvalue weighted by atomic mass is 10.0. The van der Waals surface area contributed by atoms with Gasteiger partial charge in [-0.05, 0) is 48.4 Å². The SMILES string of the molecule is O=C(c1ccc(-c2cc(C(F)(F)F)ccc2Cl)o1)N1CCc2c([nH]c3ccccc23)C1. The number of alkyl halides is 3. The second-order valence-corrected chi connectivity index (χ2v) is 7.87. The van der Waals surface area contributed by atoms with Gasteiger partial charge in [-0.25, -0.2) is 0 Å². The highest BCUT2D eigenvalue weighted by molar-refractivity contribution is 6.33. The number of hydrogen-bond acceptors (Lipinski definition) is 2. The van der Waals surface area contributed by atoms with Crippen molar-refractivity contribution in [1.82, 2.24) is 9.88 Å². The second-order valence-electron chi connectivity index (χ2n) is 7.46. The zero-order chi connectivity index (χ0) is 21.8. The minimum Gasteiger partial charge on any atom is -0.451 e. The van der Waals surface area contributed by atoms with Gasteiger partial charge in [0.05, 0.1) is 17.1 Å². The van der Waals surface area contributed by atoms with E-state index in [1.807, 2.05) is 18.2 Å². The molecule has 4 nitrogen and oxygen atoms in total. The van der Waals surface area contributed by atoms with Crippen molar-refractivity contribution >= 4 is 28.4 Å². The molecular weight excluding hydrogens is 429 g/mol. The number of aromatic amines is 1. The van der Waals surface area contributed by atoms with E-state index in [2.05, 4.69) is 11.1 Å². The Labute approximate surface area is 180 Å². The van der Waals surface area contributed by atoms with Crippen LogP contribution >= 0.6 is 11.6 Å². The highest BCUT2D eigenvalue weighted by Gasteiger charge is 2.32. The van der Waals surface area contributed by atoms with Gasteiger partial charge in [-0.3, -0.25) is 4.79 Å². The summed E-state index contributed by atoms with van der Waals surface area (Å²) < 4.78 is 44.8. The maximum atomic E-state index is 13.1. The standard InChI is InChI=1S/C23H16ClF3N2O2/c24-17-6-5-13(23(25,26)27)11-16(17)20-7-8-21(31-20)22(30)29-10-9-15-14-3-1-2-4-18(14)28-19(15)12-29/h1-8,11,28H,9-10,12H2. The number of halogens is 4. The van der Waals surface area contributed by atoms with Gasteiger partial charge in [-0.15, -0.1) is 0 Å². The summed E-state index contributed by atoms with van der Waals surface area (Å²) in [6, 6.07) is 13.9. The number of carbonyl (C=O) groups is 1. The van der Waals surface area contributed by atoms with Crippen LogP contribution in [0.3, 0.4) is 0 Å². The lowest BCUT2D eigenvalue weighted by Crippen LogP contribution is -2.35. The van der Waals surface area contributed by atoms with Crippen molar-refractivity contribution in [1.29, 1.82) is 0 Å². The van der Waals surface area contributed by atoms with Crippen LogP contribution in [0.5, 0.6) is 0 Å². The number of nitrogens with zero attached hydrogens (tertiary/aromatic N) is 1. The van der Waals surface area contributed by atoms with Crippen LogP contribution in [-0.4, -0.2) is 22.3 Å². The fourth-order valence-electron chi connectivity index (χ4n) is 4.01. The topological polar surface area (TPSA) is 49.2 Å². The number of aromatic nitrogens is 1. The Morgan fingerprint density at radius 1 is 1.10 bits per heavy atom. The van der Waals surface area contributed by atoms with Gasteiger partial charge in [0.15, 0.2) is 5.76 Å². The van der Waals surface area contributed by atoms with E-state index in [0.29, 0.717) is 19.5 Å². The molecule has 1 aliphatic heterocycles. The molecule has 2 aromatic heterocycles. The summed E-state index contributed by atoms with van der Waals surface area (Å²) in [5, 5.41) is 1.27. The molecule has 31 heavy (non-hydrogen) atoms. The molecule has 2 aromatic carbocycles. The highest BCUT2D eigenvalue weighted by atomic mass is 35.5. The van der Waals surface area contributed by atoms with Gasteiger partial charge >= 0.3 is 6.18 Å². The Morgan fingerprint density at radius 3 is 2.71 bits per heavy atom. The first-order chi connectivity index (χ1) is 14.8. The molecule has 0 saturated heterocycles. The molecule has 3 heterocycles. The predicted molar refractivity (Wildman–Crippen MR) is 111 cm³/mol. The van der Waals surface area contributed by atoms with Gasteiger partial charge in [-0.1, -0.05) is 29.8 Å². The third-order valence-electron chi connectivity index (χ3n) is 5.55. The van der Waals surface area contributed by atoms with Crippen molar-refractivity contribution in [2.75, 3.05) is 6.54 Å². The minimum absolute atomic E-state index is 0.0584. The van der Waals surface area contributed by atoms with Crippen LogP contribution in [0, 0.1) is 0 Å². The summed E-state index contributed by atoms with van der Waals surface area (Å²) >= 11 is 6.09. The molecule has 1 aliphatic rings. The van der Waals surface area contributed by atoms with E-state index in [1.54, 1.807) is 4.90 Å². The van der Waals surface area contributed by atoms with E-state index in [9.17, 15) is 18.0 Å². The van der Waals surface area contributed by atoms with E-state index in [1.165, 1.54) is 23.8 Å². The Hall–Kier alpha value is -3.19. The maximum Gasteiger partial charge on any atom is 0.416 e. The molecule has 0 spiro atoms. The van der Waals surface area contributed by atoms with Crippen LogP contribution < -0.4 is 0 Å². The zero-order valence-electron chi connectivity index (χ0n) is 16.1. The first kappa shape index (κ1) is 19.8. The largest absolute Gasteiger partial charge is 0.451 e. The summed E-state index contributed by atoms with van der Waals surface area (Å²) in [6.07, 6.45) is -3.80. The molecule has 0 unspecified atom stereocenters. The molecule has 4 aromatic rings. The number of carbonyl (C=O) groups excluding carboxylic acids is 1. The molecule has 0 radical (unpaired) electrons. The van der Waals surface area contributed by atoms with Crippen molar-refractivity contribution in [3.63, 3.8) is 0 Å². The fraction of sp³-hybridized carbons (Fsp3) is 0.174. The summed E-state index contributed by atoms with van der Waals surface area (Å²) in [4.78, 5) is 18.0. The molecule has 0 aliphatic carbocycles. The highest BCUT2D eigenvalue weighted by Crippen LogP contribution is 2.37. The van der Waals surface area contributed by atoms with Crippen molar-refractivity contribution < 1.29 is 22.4 Å². The number of rotatable bonds is 2. The summed E-state index contributed by atoms with van der Waals surface area (Å²) in [5.74, 6) is -0.149. The van der Waals surface area contributed by atoms with Gasteiger partial charge in [0.2, 0.25) is 0 Å². The number of amides is 1. The monoisotopic (exact) mass is 444 g/mol. The lowest BCUT2D eigenvalue weighted by molar-refractivity contribution is -0.137. The Bertz CT molecular complexity index is 1310. The number of benzene rings is 2. The number of fused-ring (bicyclic) bond motifs is 3. The van der Waals surface area contributed by atoms with E-state index in [0.717, 1.165) is 28.7 Å². The molecule has 1 amide bonds. The van der Waals surface area contributed by atoms with Crippen molar-refractivity contribution in [2.24, 2.45) is 0 Å². The fourth-order valence-corrected chi connectivity index (χ4v) is 4.22. The number of furan rings is 1. The number of H-pyrrole nitrogens is 1. The van der Waals surface area contributed by atoms with Crippen LogP contribution in [0.25, 0.3) is 22.2 Å². The molecule has 0 bridgehead atoms. The molecule has 8 heteroatoms. The number of para-hydroxylation sites is 1. The van der Waals surface area contributed by atoms with Crippen molar-refractivity contribution in [3.05, 3.63) is 82.2 Å². The number of hydrogen-bond donors (Lipinski definition) is 1. The molecule has 1 N–H and O–H groups in total. The van der Waals surface area contributed by atoms with Gasteiger partial charge in [0.1, 0.15) is 5.76 Å².